The molecule has 0 N–H and O–H groups in total. The SMILES string of the molecule is CC(=O)c1cccc(-n2c(=O)c3ccccc3c3ccccc3c2=O)c1. The number of ketones is 1. The van der Waals surface area contributed by atoms with Gasteiger partial charge >= 0.3 is 0 Å². The fraction of sp³-hybridized carbons (Fsp3) is 0.0455. The number of Topliss-reactive ketones (excluding diaryl/α,β-unsaturated/α-hetero) is 1. The molecule has 4 aromatic rings. The van der Waals surface area contributed by atoms with Crippen molar-refractivity contribution in [2.45, 2.75) is 6.92 Å². The number of carbonyl (C=O) groups is 1. The molecule has 0 aliphatic rings. The Morgan fingerprint density at radius 2 is 1.19 bits per heavy atom. The van der Waals surface area contributed by atoms with Gasteiger partial charge in [0.05, 0.1) is 5.69 Å². The highest BCUT2D eigenvalue weighted by Gasteiger charge is 2.12. The molecule has 0 saturated carbocycles. The van der Waals surface area contributed by atoms with Crippen LogP contribution in [0.1, 0.15) is 17.3 Å². The summed E-state index contributed by atoms with van der Waals surface area (Å²) < 4.78 is 1.15. The van der Waals surface area contributed by atoms with Crippen molar-refractivity contribution in [3.05, 3.63) is 99.1 Å². The molecule has 0 bridgehead atoms. The monoisotopic (exact) mass is 341 g/mol. The molecule has 1 heterocycles. The number of rotatable bonds is 2. The highest BCUT2D eigenvalue weighted by atomic mass is 16.2. The van der Waals surface area contributed by atoms with Crippen LogP contribution in [0.3, 0.4) is 0 Å². The fourth-order valence-electron chi connectivity index (χ4n) is 3.24. The molecular formula is C22H15NO3. The van der Waals surface area contributed by atoms with Crippen molar-refractivity contribution >= 4 is 27.3 Å². The van der Waals surface area contributed by atoms with Crippen LogP contribution in [-0.2, 0) is 0 Å². The molecule has 0 amide bonds. The van der Waals surface area contributed by atoms with Crippen LogP contribution in [0.25, 0.3) is 27.2 Å². The molecule has 0 aliphatic heterocycles. The lowest BCUT2D eigenvalue weighted by atomic mass is 10.1. The Morgan fingerprint density at radius 3 is 1.69 bits per heavy atom. The first-order valence-electron chi connectivity index (χ1n) is 8.26. The van der Waals surface area contributed by atoms with Gasteiger partial charge in [0.25, 0.3) is 11.1 Å². The van der Waals surface area contributed by atoms with Gasteiger partial charge in [0.2, 0.25) is 0 Å². The summed E-state index contributed by atoms with van der Waals surface area (Å²) in [5.74, 6) is -0.123. The molecule has 4 rings (SSSR count). The highest BCUT2D eigenvalue weighted by molar-refractivity contribution is 6.05. The molecule has 26 heavy (non-hydrogen) atoms. The fourth-order valence-corrected chi connectivity index (χ4v) is 3.24. The van der Waals surface area contributed by atoms with Gasteiger partial charge in [0.15, 0.2) is 5.78 Å². The lowest BCUT2D eigenvalue weighted by molar-refractivity contribution is 0.101. The third kappa shape index (κ3) is 2.43. The molecule has 0 aliphatic carbocycles. The zero-order valence-corrected chi connectivity index (χ0v) is 14.1. The first-order valence-corrected chi connectivity index (χ1v) is 8.26. The minimum absolute atomic E-state index is 0.123. The van der Waals surface area contributed by atoms with Gasteiger partial charge in [-0.05, 0) is 42.0 Å². The summed E-state index contributed by atoms with van der Waals surface area (Å²) in [6.07, 6.45) is 0. The van der Waals surface area contributed by atoms with Gasteiger partial charge < -0.3 is 0 Å². The summed E-state index contributed by atoms with van der Waals surface area (Å²) in [7, 11) is 0. The number of benzene rings is 3. The van der Waals surface area contributed by atoms with Crippen LogP contribution in [0.15, 0.2) is 82.4 Å². The zero-order chi connectivity index (χ0) is 18.3. The summed E-state index contributed by atoms with van der Waals surface area (Å²) in [4.78, 5) is 38.2. The van der Waals surface area contributed by atoms with Crippen molar-refractivity contribution in [1.29, 1.82) is 0 Å². The van der Waals surface area contributed by atoms with E-state index in [1.165, 1.54) is 6.92 Å². The average Bonchev–Trinajstić information content (AvgIpc) is 2.76. The van der Waals surface area contributed by atoms with Crippen LogP contribution in [0, 0.1) is 0 Å². The van der Waals surface area contributed by atoms with Crippen LogP contribution in [0.2, 0.25) is 0 Å². The average molecular weight is 341 g/mol. The summed E-state index contributed by atoms with van der Waals surface area (Å²) in [5, 5.41) is 2.37. The van der Waals surface area contributed by atoms with Gasteiger partial charge in [-0.3, -0.25) is 14.4 Å². The van der Waals surface area contributed by atoms with Crippen molar-refractivity contribution in [2.75, 3.05) is 0 Å². The number of hydrogen-bond donors (Lipinski definition) is 0. The third-order valence-electron chi connectivity index (χ3n) is 4.52. The van der Waals surface area contributed by atoms with Gasteiger partial charge in [-0.1, -0.05) is 48.5 Å². The summed E-state index contributed by atoms with van der Waals surface area (Å²) in [6.45, 7) is 1.45. The predicted octanol–water partition coefficient (Wildman–Crippen LogP) is 3.71. The topological polar surface area (TPSA) is 56.1 Å². The molecule has 0 saturated heterocycles. The normalized spacial score (nSPS) is 11.0. The molecule has 3 aromatic carbocycles. The van der Waals surface area contributed by atoms with E-state index in [1.54, 1.807) is 48.5 Å². The van der Waals surface area contributed by atoms with E-state index < -0.39 is 11.1 Å². The van der Waals surface area contributed by atoms with Crippen molar-refractivity contribution in [3.63, 3.8) is 0 Å². The zero-order valence-electron chi connectivity index (χ0n) is 14.1. The second kappa shape index (κ2) is 6.08. The minimum atomic E-state index is -0.400. The highest BCUT2D eigenvalue weighted by Crippen LogP contribution is 2.20. The lowest BCUT2D eigenvalue weighted by Gasteiger charge is -2.04. The Kier molecular flexibility index (Phi) is 3.73. The molecule has 1 aromatic heterocycles. The maximum absolute atomic E-state index is 13.2. The van der Waals surface area contributed by atoms with Crippen molar-refractivity contribution < 1.29 is 4.79 Å². The second-order valence-corrected chi connectivity index (χ2v) is 6.14. The molecule has 4 heteroatoms. The van der Waals surface area contributed by atoms with E-state index in [0.717, 1.165) is 15.3 Å². The maximum Gasteiger partial charge on any atom is 0.265 e. The Hall–Kier alpha value is -3.53. The first kappa shape index (κ1) is 16.0. The van der Waals surface area contributed by atoms with Crippen molar-refractivity contribution in [2.24, 2.45) is 0 Å². The molecular weight excluding hydrogens is 326 g/mol. The molecule has 4 nitrogen and oxygen atoms in total. The van der Waals surface area contributed by atoms with Gasteiger partial charge in [0.1, 0.15) is 0 Å². The number of hydrogen-bond acceptors (Lipinski definition) is 3. The smallest absolute Gasteiger partial charge is 0.265 e. The van der Waals surface area contributed by atoms with Crippen LogP contribution in [0.4, 0.5) is 0 Å². The second-order valence-electron chi connectivity index (χ2n) is 6.14. The van der Waals surface area contributed by atoms with E-state index in [9.17, 15) is 14.4 Å². The summed E-state index contributed by atoms with van der Waals surface area (Å²) >= 11 is 0. The van der Waals surface area contributed by atoms with E-state index in [2.05, 4.69) is 0 Å². The van der Waals surface area contributed by atoms with E-state index >= 15 is 0 Å². The summed E-state index contributed by atoms with van der Waals surface area (Å²) in [6, 6.07) is 21.0. The van der Waals surface area contributed by atoms with E-state index in [-0.39, 0.29) is 5.78 Å². The standard InChI is InChI=1S/C22H15NO3/c1-14(24)15-7-6-8-16(13-15)23-21(25)19-11-4-2-9-17(19)18-10-3-5-12-20(18)22(23)26/h2-13H,1H3. The molecule has 0 unspecified atom stereocenters. The van der Waals surface area contributed by atoms with E-state index in [0.29, 0.717) is 22.0 Å². The number of fused-ring (bicyclic) bond motifs is 3. The van der Waals surface area contributed by atoms with Crippen LogP contribution in [0.5, 0.6) is 0 Å². The molecule has 0 atom stereocenters. The predicted molar refractivity (Wildman–Crippen MR) is 103 cm³/mol. The van der Waals surface area contributed by atoms with Crippen molar-refractivity contribution in [1.82, 2.24) is 4.57 Å². The minimum Gasteiger partial charge on any atom is -0.295 e. The van der Waals surface area contributed by atoms with Crippen molar-refractivity contribution in [3.8, 4) is 5.69 Å². The number of carbonyl (C=O) groups excluding carboxylic acids is 1. The van der Waals surface area contributed by atoms with Crippen LogP contribution >= 0.6 is 0 Å². The Labute approximate surface area is 149 Å². The Balaban J connectivity index is 2.27. The molecule has 0 radical (unpaired) electrons. The van der Waals surface area contributed by atoms with Gasteiger partial charge in [0, 0.05) is 16.3 Å². The van der Waals surface area contributed by atoms with E-state index in [1.807, 2.05) is 24.3 Å². The van der Waals surface area contributed by atoms with Gasteiger partial charge in [-0.15, -0.1) is 0 Å². The molecule has 0 fully saturated rings. The molecule has 0 spiro atoms. The summed E-state index contributed by atoms with van der Waals surface area (Å²) in [5.41, 5.74) is 0.0399. The molecule has 126 valence electrons. The van der Waals surface area contributed by atoms with Gasteiger partial charge in [-0.25, -0.2) is 4.57 Å². The number of aromatic nitrogens is 1. The maximum atomic E-state index is 13.2. The van der Waals surface area contributed by atoms with Crippen LogP contribution in [-0.4, -0.2) is 10.4 Å². The largest absolute Gasteiger partial charge is 0.295 e. The number of nitrogens with zero attached hydrogens (tertiary/aromatic N) is 1. The first-order chi connectivity index (χ1) is 12.6. The Morgan fingerprint density at radius 1 is 0.692 bits per heavy atom. The Bertz CT molecular complexity index is 1230. The third-order valence-corrected chi connectivity index (χ3v) is 4.52. The lowest BCUT2D eigenvalue weighted by Crippen LogP contribution is -2.28. The van der Waals surface area contributed by atoms with E-state index in [4.69, 9.17) is 0 Å². The van der Waals surface area contributed by atoms with Crippen LogP contribution < -0.4 is 11.1 Å². The van der Waals surface area contributed by atoms with Gasteiger partial charge in [-0.2, -0.15) is 0 Å². The quantitative estimate of drug-likeness (QED) is 0.522.